The van der Waals surface area contributed by atoms with Crippen LogP contribution in [0.15, 0.2) is 24.3 Å². The molecule has 1 fully saturated rings. The first-order chi connectivity index (χ1) is 7.83. The molecule has 0 radical (unpaired) electrons. The van der Waals surface area contributed by atoms with Crippen molar-refractivity contribution in [1.82, 2.24) is 4.90 Å². The summed E-state index contributed by atoms with van der Waals surface area (Å²) >= 11 is 0. The Hall–Kier alpha value is -1.51. The first kappa shape index (κ1) is 11.0. The standard InChI is InChI=1S/C13H18N2O/c1-2-14-12-8-4-3-7-11(12)13(16)15-9-5-6-10-15/h3-4,7-8,14H,2,5-6,9-10H2,1H3. The van der Waals surface area contributed by atoms with Crippen molar-refractivity contribution in [2.24, 2.45) is 0 Å². The van der Waals surface area contributed by atoms with E-state index in [1.54, 1.807) is 0 Å². The average Bonchev–Trinajstić information content (AvgIpc) is 2.83. The van der Waals surface area contributed by atoms with Crippen molar-refractivity contribution in [3.05, 3.63) is 29.8 Å². The van der Waals surface area contributed by atoms with Gasteiger partial charge in [0, 0.05) is 25.3 Å². The molecule has 0 aliphatic carbocycles. The van der Waals surface area contributed by atoms with Gasteiger partial charge in [-0.25, -0.2) is 0 Å². The molecule has 1 saturated heterocycles. The van der Waals surface area contributed by atoms with Crippen LogP contribution in [0.25, 0.3) is 0 Å². The summed E-state index contributed by atoms with van der Waals surface area (Å²) in [6.45, 7) is 4.68. The lowest BCUT2D eigenvalue weighted by Gasteiger charge is -2.17. The molecule has 1 aliphatic heterocycles. The molecule has 16 heavy (non-hydrogen) atoms. The predicted octanol–water partition coefficient (Wildman–Crippen LogP) is 2.35. The van der Waals surface area contributed by atoms with Crippen LogP contribution in [0, 0.1) is 0 Å². The number of amides is 1. The van der Waals surface area contributed by atoms with Gasteiger partial charge in [-0.1, -0.05) is 12.1 Å². The van der Waals surface area contributed by atoms with Gasteiger partial charge in [0.25, 0.3) is 5.91 Å². The van der Waals surface area contributed by atoms with Crippen LogP contribution >= 0.6 is 0 Å². The molecule has 0 unspecified atom stereocenters. The molecule has 1 aromatic carbocycles. The minimum atomic E-state index is 0.161. The van der Waals surface area contributed by atoms with Gasteiger partial charge in [-0.15, -0.1) is 0 Å². The molecule has 0 bridgehead atoms. The SMILES string of the molecule is CCNc1ccccc1C(=O)N1CCCC1. The Bertz CT molecular complexity index is 370. The average molecular weight is 218 g/mol. The molecule has 3 heteroatoms. The Kier molecular flexibility index (Phi) is 3.44. The lowest BCUT2D eigenvalue weighted by Crippen LogP contribution is -2.28. The zero-order chi connectivity index (χ0) is 11.4. The van der Waals surface area contributed by atoms with Gasteiger partial charge in [0.15, 0.2) is 0 Å². The number of carbonyl (C=O) groups is 1. The molecule has 0 saturated carbocycles. The van der Waals surface area contributed by atoms with Crippen molar-refractivity contribution >= 4 is 11.6 Å². The number of hydrogen-bond acceptors (Lipinski definition) is 2. The highest BCUT2D eigenvalue weighted by atomic mass is 16.2. The summed E-state index contributed by atoms with van der Waals surface area (Å²) in [4.78, 5) is 14.2. The number of nitrogens with one attached hydrogen (secondary N) is 1. The number of carbonyl (C=O) groups excluding carboxylic acids is 1. The van der Waals surface area contributed by atoms with Crippen LogP contribution in [0.1, 0.15) is 30.1 Å². The second-order valence-electron chi connectivity index (χ2n) is 4.08. The Balaban J connectivity index is 2.21. The number of hydrogen-bond donors (Lipinski definition) is 1. The van der Waals surface area contributed by atoms with Gasteiger partial charge in [0.05, 0.1) is 5.56 Å². The minimum Gasteiger partial charge on any atom is -0.385 e. The second kappa shape index (κ2) is 5.01. The summed E-state index contributed by atoms with van der Waals surface area (Å²) in [6.07, 6.45) is 2.27. The summed E-state index contributed by atoms with van der Waals surface area (Å²) in [7, 11) is 0. The van der Waals surface area contributed by atoms with Crippen molar-refractivity contribution in [2.45, 2.75) is 19.8 Å². The summed E-state index contributed by atoms with van der Waals surface area (Å²) in [5.41, 5.74) is 1.74. The molecule has 0 aromatic heterocycles. The molecule has 1 N–H and O–H groups in total. The van der Waals surface area contributed by atoms with Crippen molar-refractivity contribution in [1.29, 1.82) is 0 Å². The van der Waals surface area contributed by atoms with E-state index in [9.17, 15) is 4.79 Å². The molecule has 1 aromatic rings. The molecule has 2 rings (SSSR count). The molecule has 3 nitrogen and oxygen atoms in total. The van der Waals surface area contributed by atoms with Gasteiger partial charge in [0.2, 0.25) is 0 Å². The number of anilines is 1. The lowest BCUT2D eigenvalue weighted by atomic mass is 10.1. The van der Waals surface area contributed by atoms with Crippen molar-refractivity contribution in [3.8, 4) is 0 Å². The van der Waals surface area contributed by atoms with Crippen LogP contribution in [-0.2, 0) is 0 Å². The molecular formula is C13H18N2O. The molecule has 1 amide bonds. The number of para-hydroxylation sites is 1. The van der Waals surface area contributed by atoms with Crippen LogP contribution < -0.4 is 5.32 Å². The van der Waals surface area contributed by atoms with Gasteiger partial charge >= 0.3 is 0 Å². The second-order valence-corrected chi connectivity index (χ2v) is 4.08. The molecular weight excluding hydrogens is 200 g/mol. The third kappa shape index (κ3) is 2.18. The highest BCUT2D eigenvalue weighted by molar-refractivity contribution is 5.99. The quantitative estimate of drug-likeness (QED) is 0.844. The van der Waals surface area contributed by atoms with E-state index >= 15 is 0 Å². The molecule has 0 spiro atoms. The van der Waals surface area contributed by atoms with E-state index in [1.807, 2.05) is 36.1 Å². The largest absolute Gasteiger partial charge is 0.385 e. The third-order valence-corrected chi connectivity index (χ3v) is 2.92. The van der Waals surface area contributed by atoms with E-state index in [4.69, 9.17) is 0 Å². The summed E-state index contributed by atoms with van der Waals surface area (Å²) in [6, 6.07) is 7.74. The zero-order valence-corrected chi connectivity index (χ0v) is 9.70. The highest BCUT2D eigenvalue weighted by Crippen LogP contribution is 2.19. The first-order valence-corrected chi connectivity index (χ1v) is 5.95. The van der Waals surface area contributed by atoms with E-state index in [2.05, 4.69) is 5.32 Å². The number of rotatable bonds is 3. The lowest BCUT2D eigenvalue weighted by molar-refractivity contribution is 0.0794. The Morgan fingerprint density at radius 1 is 1.31 bits per heavy atom. The molecule has 0 atom stereocenters. The Morgan fingerprint density at radius 2 is 2.00 bits per heavy atom. The molecule has 1 heterocycles. The van der Waals surface area contributed by atoms with E-state index in [1.165, 1.54) is 0 Å². The Morgan fingerprint density at radius 3 is 2.69 bits per heavy atom. The summed E-state index contributed by atoms with van der Waals surface area (Å²) in [5.74, 6) is 0.161. The van der Waals surface area contributed by atoms with Gasteiger partial charge in [-0.2, -0.15) is 0 Å². The van der Waals surface area contributed by atoms with Gasteiger partial charge in [-0.05, 0) is 31.9 Å². The number of benzene rings is 1. The van der Waals surface area contributed by atoms with E-state index < -0.39 is 0 Å². The third-order valence-electron chi connectivity index (χ3n) is 2.92. The fourth-order valence-electron chi connectivity index (χ4n) is 2.10. The van der Waals surface area contributed by atoms with Gasteiger partial charge < -0.3 is 10.2 Å². The summed E-state index contributed by atoms with van der Waals surface area (Å²) < 4.78 is 0. The maximum absolute atomic E-state index is 12.2. The number of likely N-dealkylation sites (tertiary alicyclic amines) is 1. The fraction of sp³-hybridized carbons (Fsp3) is 0.462. The zero-order valence-electron chi connectivity index (χ0n) is 9.70. The fourth-order valence-corrected chi connectivity index (χ4v) is 2.10. The molecule has 86 valence electrons. The van der Waals surface area contributed by atoms with Gasteiger partial charge in [0.1, 0.15) is 0 Å². The van der Waals surface area contributed by atoms with Crippen LogP contribution in [-0.4, -0.2) is 30.4 Å². The van der Waals surface area contributed by atoms with E-state index in [0.29, 0.717) is 0 Å². The number of nitrogens with zero attached hydrogens (tertiary/aromatic N) is 1. The molecule has 1 aliphatic rings. The van der Waals surface area contributed by atoms with Gasteiger partial charge in [-0.3, -0.25) is 4.79 Å². The van der Waals surface area contributed by atoms with Crippen LogP contribution in [0.4, 0.5) is 5.69 Å². The van der Waals surface area contributed by atoms with E-state index in [-0.39, 0.29) is 5.91 Å². The highest BCUT2D eigenvalue weighted by Gasteiger charge is 2.21. The van der Waals surface area contributed by atoms with Crippen LogP contribution in [0.3, 0.4) is 0 Å². The maximum Gasteiger partial charge on any atom is 0.255 e. The minimum absolute atomic E-state index is 0.161. The van der Waals surface area contributed by atoms with Crippen molar-refractivity contribution < 1.29 is 4.79 Å². The van der Waals surface area contributed by atoms with Crippen LogP contribution in [0.5, 0.6) is 0 Å². The Labute approximate surface area is 96.5 Å². The normalized spacial score (nSPS) is 15.2. The van der Waals surface area contributed by atoms with E-state index in [0.717, 1.165) is 43.7 Å². The van der Waals surface area contributed by atoms with Crippen molar-refractivity contribution in [3.63, 3.8) is 0 Å². The first-order valence-electron chi connectivity index (χ1n) is 5.95. The van der Waals surface area contributed by atoms with Crippen LogP contribution in [0.2, 0.25) is 0 Å². The predicted molar refractivity (Wildman–Crippen MR) is 65.7 cm³/mol. The summed E-state index contributed by atoms with van der Waals surface area (Å²) in [5, 5.41) is 3.23. The van der Waals surface area contributed by atoms with Crippen molar-refractivity contribution in [2.75, 3.05) is 25.0 Å². The monoisotopic (exact) mass is 218 g/mol. The topological polar surface area (TPSA) is 32.3 Å². The maximum atomic E-state index is 12.2. The smallest absolute Gasteiger partial charge is 0.255 e.